The minimum atomic E-state index is -0.628. The maximum atomic E-state index is 13.5. The van der Waals surface area contributed by atoms with E-state index in [9.17, 15) is 4.79 Å². The molecule has 3 aromatic rings. The zero-order valence-corrected chi connectivity index (χ0v) is 21.3. The summed E-state index contributed by atoms with van der Waals surface area (Å²) in [4.78, 5) is 13.5. The van der Waals surface area contributed by atoms with E-state index in [0.29, 0.717) is 0 Å². The molecule has 3 aromatic carbocycles. The predicted molar refractivity (Wildman–Crippen MR) is 144 cm³/mol. The molecule has 0 aromatic heterocycles. The van der Waals surface area contributed by atoms with Gasteiger partial charge in [0.15, 0.2) is 0 Å². The summed E-state index contributed by atoms with van der Waals surface area (Å²) < 4.78 is 10.6. The lowest BCUT2D eigenvalue weighted by atomic mass is 9.60. The molecule has 3 heteroatoms. The molecule has 186 valence electrons. The highest BCUT2D eigenvalue weighted by Gasteiger charge is 2.47. The minimum absolute atomic E-state index is 0.152. The summed E-state index contributed by atoms with van der Waals surface area (Å²) in [5.74, 6) is -0.484. The lowest BCUT2D eigenvalue weighted by Gasteiger charge is -2.41. The Labute approximate surface area is 211 Å². The molecule has 0 fully saturated rings. The van der Waals surface area contributed by atoms with Crippen molar-refractivity contribution in [3.05, 3.63) is 108 Å². The van der Waals surface area contributed by atoms with Gasteiger partial charge >= 0.3 is 5.97 Å². The Kier molecular flexibility index (Phi) is 11.0. The van der Waals surface area contributed by atoms with Gasteiger partial charge in [-0.1, -0.05) is 130 Å². The number of unbranched alkanes of at least 4 members (excludes halogenated alkanes) is 6. The van der Waals surface area contributed by atoms with Gasteiger partial charge in [0.1, 0.15) is 0 Å². The molecule has 0 saturated heterocycles. The van der Waals surface area contributed by atoms with E-state index in [0.717, 1.165) is 49.0 Å². The van der Waals surface area contributed by atoms with Gasteiger partial charge in [0.2, 0.25) is 0 Å². The van der Waals surface area contributed by atoms with Gasteiger partial charge in [-0.15, -0.1) is 0 Å². The van der Waals surface area contributed by atoms with Crippen LogP contribution >= 0.6 is 0 Å². The molecule has 0 bridgehead atoms. The second-order valence-electron chi connectivity index (χ2n) is 9.24. The van der Waals surface area contributed by atoms with Crippen LogP contribution in [0.4, 0.5) is 0 Å². The Morgan fingerprint density at radius 3 is 1.43 bits per heavy atom. The number of rotatable bonds is 15. The molecular weight excluding hydrogens is 432 g/mol. The molecule has 0 saturated carbocycles. The van der Waals surface area contributed by atoms with E-state index >= 15 is 0 Å². The third kappa shape index (κ3) is 6.82. The quantitative estimate of drug-likeness (QED) is 0.130. The molecule has 1 atom stereocenters. The highest BCUT2D eigenvalue weighted by Crippen LogP contribution is 2.47. The number of carbonyl (C=O) groups excluding carboxylic acids is 1. The van der Waals surface area contributed by atoms with Crippen LogP contribution in [0.15, 0.2) is 91.0 Å². The van der Waals surface area contributed by atoms with E-state index < -0.39 is 5.41 Å². The van der Waals surface area contributed by atoms with Gasteiger partial charge in [0.05, 0.1) is 18.4 Å². The predicted octanol–water partition coefficient (Wildman–Crippen LogP) is 7.58. The maximum absolute atomic E-state index is 13.5. The normalized spacial score (nSPS) is 12.3. The van der Waals surface area contributed by atoms with Crippen molar-refractivity contribution in [3.63, 3.8) is 0 Å². The first-order valence-electron chi connectivity index (χ1n) is 13.0. The molecule has 0 amide bonds. The Morgan fingerprint density at radius 2 is 1.03 bits per heavy atom. The number of hydrogen-bond donors (Lipinski definition) is 0. The average molecular weight is 473 g/mol. The number of esters is 1. The van der Waals surface area contributed by atoms with Crippen molar-refractivity contribution in [1.82, 2.24) is 0 Å². The molecular formula is C32H40O3. The molecule has 0 radical (unpaired) electrons. The zero-order chi connectivity index (χ0) is 24.8. The minimum Gasteiger partial charge on any atom is -0.469 e. The Balaban J connectivity index is 1.92. The first-order valence-corrected chi connectivity index (χ1v) is 13.0. The molecule has 0 heterocycles. The zero-order valence-electron chi connectivity index (χ0n) is 21.3. The third-order valence-electron chi connectivity index (χ3n) is 7.04. The van der Waals surface area contributed by atoms with Gasteiger partial charge in [-0.25, -0.2) is 0 Å². The number of hydrogen-bond acceptors (Lipinski definition) is 3. The highest BCUT2D eigenvalue weighted by atomic mass is 16.5. The Hall–Kier alpha value is -2.91. The third-order valence-corrected chi connectivity index (χ3v) is 7.04. The lowest BCUT2D eigenvalue weighted by molar-refractivity contribution is -0.147. The van der Waals surface area contributed by atoms with Crippen molar-refractivity contribution >= 4 is 5.97 Å². The molecule has 0 aliphatic carbocycles. The van der Waals surface area contributed by atoms with Crippen molar-refractivity contribution < 1.29 is 14.3 Å². The fourth-order valence-electron chi connectivity index (χ4n) is 5.34. The van der Waals surface area contributed by atoms with Crippen LogP contribution in [-0.4, -0.2) is 26.8 Å². The Bertz CT molecular complexity index is 873. The monoisotopic (exact) mass is 472 g/mol. The second kappa shape index (κ2) is 14.5. The van der Waals surface area contributed by atoms with E-state index in [4.69, 9.17) is 9.47 Å². The summed E-state index contributed by atoms with van der Waals surface area (Å²) in [7, 11) is 3.28. The molecule has 1 unspecified atom stereocenters. The number of ether oxygens (including phenoxy) is 2. The molecule has 3 nitrogen and oxygen atoms in total. The lowest BCUT2D eigenvalue weighted by Crippen LogP contribution is -2.42. The van der Waals surface area contributed by atoms with Gasteiger partial charge in [0.25, 0.3) is 0 Å². The van der Waals surface area contributed by atoms with E-state index in [1.54, 1.807) is 7.11 Å². The van der Waals surface area contributed by atoms with Crippen LogP contribution in [0.1, 0.15) is 68.1 Å². The van der Waals surface area contributed by atoms with E-state index in [1.165, 1.54) is 32.8 Å². The largest absolute Gasteiger partial charge is 0.469 e. The van der Waals surface area contributed by atoms with Crippen molar-refractivity contribution in [2.75, 3.05) is 20.8 Å². The number of carbonyl (C=O) groups is 1. The first-order chi connectivity index (χ1) is 17.2. The summed E-state index contributed by atoms with van der Waals surface area (Å²) in [5.41, 5.74) is 2.72. The molecule has 0 aliphatic heterocycles. The molecule has 35 heavy (non-hydrogen) atoms. The fourth-order valence-corrected chi connectivity index (χ4v) is 5.34. The van der Waals surface area contributed by atoms with Crippen LogP contribution in [0.2, 0.25) is 0 Å². The van der Waals surface area contributed by atoms with Crippen molar-refractivity contribution in [3.8, 4) is 0 Å². The van der Waals surface area contributed by atoms with E-state index in [-0.39, 0.29) is 11.9 Å². The fraction of sp³-hybridized carbons (Fsp3) is 0.406. The van der Waals surface area contributed by atoms with Gasteiger partial charge in [-0.05, 0) is 29.5 Å². The van der Waals surface area contributed by atoms with Gasteiger partial charge in [0, 0.05) is 13.7 Å². The van der Waals surface area contributed by atoms with Crippen LogP contribution in [0.3, 0.4) is 0 Å². The van der Waals surface area contributed by atoms with Crippen LogP contribution in [0.25, 0.3) is 0 Å². The van der Waals surface area contributed by atoms with Gasteiger partial charge in [-0.3, -0.25) is 4.79 Å². The number of methoxy groups -OCH3 is 2. The van der Waals surface area contributed by atoms with Crippen LogP contribution in [-0.2, 0) is 19.7 Å². The van der Waals surface area contributed by atoms with Crippen LogP contribution in [0, 0.1) is 5.92 Å². The SMILES string of the molecule is COCCCCCCCCCC(C(=O)OC)C(c1ccccc1)(c1ccccc1)c1ccccc1. The van der Waals surface area contributed by atoms with Gasteiger partial charge < -0.3 is 9.47 Å². The standard InChI is InChI=1S/C32H40O3/c1-34-26-18-7-5-3-4-6-17-25-30(31(33)35-2)32(27-19-11-8-12-20-27,28-21-13-9-14-22-28)29-23-15-10-16-24-29/h8-16,19-24,30H,3-7,17-18,25-26H2,1-2H3. The van der Waals surface area contributed by atoms with Crippen LogP contribution < -0.4 is 0 Å². The van der Waals surface area contributed by atoms with Crippen molar-refractivity contribution in [2.24, 2.45) is 5.92 Å². The van der Waals surface area contributed by atoms with Crippen molar-refractivity contribution in [2.45, 2.75) is 56.8 Å². The molecule has 0 N–H and O–H groups in total. The average Bonchev–Trinajstić information content (AvgIpc) is 2.93. The topological polar surface area (TPSA) is 35.5 Å². The smallest absolute Gasteiger partial charge is 0.310 e. The summed E-state index contributed by atoms with van der Waals surface area (Å²) in [5, 5.41) is 0. The number of benzene rings is 3. The first kappa shape index (κ1) is 26.7. The molecule has 0 aliphatic rings. The summed E-state index contributed by atoms with van der Waals surface area (Å²) in [6.07, 6.45) is 8.90. The molecule has 0 spiro atoms. The summed E-state index contributed by atoms with van der Waals surface area (Å²) >= 11 is 0. The summed E-state index contributed by atoms with van der Waals surface area (Å²) in [6.45, 7) is 0.849. The summed E-state index contributed by atoms with van der Waals surface area (Å²) in [6, 6.07) is 31.4. The van der Waals surface area contributed by atoms with E-state index in [2.05, 4.69) is 72.8 Å². The van der Waals surface area contributed by atoms with Gasteiger partial charge in [-0.2, -0.15) is 0 Å². The Morgan fingerprint density at radius 1 is 0.629 bits per heavy atom. The van der Waals surface area contributed by atoms with E-state index in [1.807, 2.05) is 18.2 Å². The van der Waals surface area contributed by atoms with Crippen molar-refractivity contribution in [1.29, 1.82) is 0 Å². The van der Waals surface area contributed by atoms with Crippen LogP contribution in [0.5, 0.6) is 0 Å². The highest BCUT2D eigenvalue weighted by molar-refractivity contribution is 5.78. The molecule has 3 rings (SSSR count). The second-order valence-corrected chi connectivity index (χ2v) is 9.24. The maximum Gasteiger partial charge on any atom is 0.310 e.